The van der Waals surface area contributed by atoms with Crippen LogP contribution in [0.15, 0.2) is 4.99 Å². The molecule has 1 rings (SSSR count). The van der Waals surface area contributed by atoms with E-state index in [1.165, 1.54) is 38.5 Å². The molecule has 0 amide bonds. The molecule has 0 fully saturated rings. The number of aliphatic carboxylic acids is 1. The van der Waals surface area contributed by atoms with Gasteiger partial charge in [0.05, 0.1) is 19.6 Å². The third-order valence-corrected chi connectivity index (χ3v) is 3.99. The van der Waals surface area contributed by atoms with E-state index in [1.54, 1.807) is 0 Å². The minimum atomic E-state index is -0.975. The van der Waals surface area contributed by atoms with Gasteiger partial charge in [0.2, 0.25) is 0 Å². The standard InChI is InChI=1S/C15H28N2O2/c1-3-4-5-6-7-8-9-10-14-16-11-12-17(14,2)13-15(18)19/h3-13H2,1-2H3. The Hall–Kier alpha value is -0.900. The summed E-state index contributed by atoms with van der Waals surface area (Å²) in [4.78, 5) is 15.3. The molecule has 1 atom stereocenters. The van der Waals surface area contributed by atoms with Crippen LogP contribution in [0.1, 0.15) is 58.3 Å². The molecule has 0 aliphatic carbocycles. The smallest absolute Gasteiger partial charge is 0.198 e. The number of hydrogen-bond donors (Lipinski definition) is 0. The molecule has 4 heteroatoms. The van der Waals surface area contributed by atoms with Crippen molar-refractivity contribution in [3.05, 3.63) is 0 Å². The average molecular weight is 268 g/mol. The molecule has 0 aromatic carbocycles. The number of nitrogens with zero attached hydrogens (tertiary/aromatic N) is 2. The Labute approximate surface area is 117 Å². The summed E-state index contributed by atoms with van der Waals surface area (Å²) in [6.07, 6.45) is 9.89. The molecule has 0 N–H and O–H groups in total. The number of likely N-dealkylation sites (N-methyl/N-ethyl adjacent to an activating group) is 1. The van der Waals surface area contributed by atoms with E-state index >= 15 is 0 Å². The van der Waals surface area contributed by atoms with Crippen molar-refractivity contribution in [2.45, 2.75) is 58.3 Å². The predicted octanol–water partition coefficient (Wildman–Crippen LogP) is 1.74. The van der Waals surface area contributed by atoms with Gasteiger partial charge in [-0.1, -0.05) is 45.4 Å². The van der Waals surface area contributed by atoms with E-state index in [-0.39, 0.29) is 6.54 Å². The maximum atomic E-state index is 10.8. The molecule has 0 bridgehead atoms. The highest BCUT2D eigenvalue weighted by Crippen LogP contribution is 2.17. The van der Waals surface area contributed by atoms with Crippen LogP contribution in [0, 0.1) is 0 Å². The second-order valence-corrected chi connectivity index (χ2v) is 5.82. The maximum absolute atomic E-state index is 10.8. The van der Waals surface area contributed by atoms with Crippen molar-refractivity contribution in [2.75, 3.05) is 26.7 Å². The fourth-order valence-corrected chi connectivity index (χ4v) is 2.74. The summed E-state index contributed by atoms with van der Waals surface area (Å²) in [5.41, 5.74) is 0. The van der Waals surface area contributed by atoms with Crippen molar-refractivity contribution in [2.24, 2.45) is 4.99 Å². The second kappa shape index (κ2) is 8.31. The van der Waals surface area contributed by atoms with E-state index in [9.17, 15) is 9.90 Å². The van der Waals surface area contributed by atoms with Crippen LogP contribution in [0.5, 0.6) is 0 Å². The van der Waals surface area contributed by atoms with Crippen molar-refractivity contribution in [1.82, 2.24) is 0 Å². The van der Waals surface area contributed by atoms with Crippen molar-refractivity contribution in [3.8, 4) is 0 Å². The molecule has 1 heterocycles. The average Bonchev–Trinajstić information content (AvgIpc) is 2.68. The molecule has 0 spiro atoms. The summed E-state index contributed by atoms with van der Waals surface area (Å²) in [5, 5.41) is 10.8. The first kappa shape index (κ1) is 16.2. The third-order valence-electron chi connectivity index (χ3n) is 3.99. The van der Waals surface area contributed by atoms with Gasteiger partial charge in [-0.25, -0.2) is 4.99 Å². The molecular formula is C15H28N2O2. The molecule has 110 valence electrons. The normalized spacial score (nSPS) is 22.5. The second-order valence-electron chi connectivity index (χ2n) is 5.82. The Balaban J connectivity index is 2.19. The minimum absolute atomic E-state index is 0.0648. The zero-order valence-corrected chi connectivity index (χ0v) is 12.5. The summed E-state index contributed by atoms with van der Waals surface area (Å²) in [6.45, 7) is 3.86. The van der Waals surface area contributed by atoms with Crippen LogP contribution < -0.4 is 5.11 Å². The Bertz CT molecular complexity index is 315. The predicted molar refractivity (Wildman–Crippen MR) is 75.8 cm³/mol. The molecule has 0 saturated heterocycles. The third kappa shape index (κ3) is 5.72. The van der Waals surface area contributed by atoms with Crippen molar-refractivity contribution in [3.63, 3.8) is 0 Å². The van der Waals surface area contributed by atoms with Gasteiger partial charge in [0, 0.05) is 6.42 Å². The van der Waals surface area contributed by atoms with Gasteiger partial charge in [0.25, 0.3) is 0 Å². The van der Waals surface area contributed by atoms with E-state index in [0.717, 1.165) is 31.8 Å². The summed E-state index contributed by atoms with van der Waals surface area (Å²) < 4.78 is 0.457. The number of aliphatic imine (C=N–C) groups is 1. The molecule has 0 radical (unpaired) electrons. The van der Waals surface area contributed by atoms with Crippen molar-refractivity contribution >= 4 is 11.8 Å². The molecule has 1 aliphatic heterocycles. The lowest BCUT2D eigenvalue weighted by atomic mass is 10.1. The Morgan fingerprint density at radius 2 is 1.84 bits per heavy atom. The fraction of sp³-hybridized carbons (Fsp3) is 0.867. The number of hydrogen-bond acceptors (Lipinski definition) is 3. The summed E-state index contributed by atoms with van der Waals surface area (Å²) in [7, 11) is 1.96. The number of carbonyl (C=O) groups excluding carboxylic acids is 1. The van der Waals surface area contributed by atoms with Gasteiger partial charge in [0.1, 0.15) is 13.1 Å². The molecule has 0 aromatic rings. The van der Waals surface area contributed by atoms with E-state index in [0.29, 0.717) is 4.48 Å². The van der Waals surface area contributed by atoms with Crippen LogP contribution in [0.4, 0.5) is 0 Å². The van der Waals surface area contributed by atoms with Crippen LogP contribution in [-0.4, -0.2) is 43.0 Å². The van der Waals surface area contributed by atoms with Crippen LogP contribution in [0.25, 0.3) is 0 Å². The molecular weight excluding hydrogens is 240 g/mol. The first-order valence-corrected chi connectivity index (χ1v) is 7.67. The van der Waals surface area contributed by atoms with Crippen LogP contribution in [0.3, 0.4) is 0 Å². The molecule has 19 heavy (non-hydrogen) atoms. The first-order valence-electron chi connectivity index (χ1n) is 7.67. The van der Waals surface area contributed by atoms with Gasteiger partial charge in [-0.05, 0) is 6.42 Å². The summed E-state index contributed by atoms with van der Waals surface area (Å²) in [6, 6.07) is 0. The van der Waals surface area contributed by atoms with Crippen LogP contribution in [0.2, 0.25) is 0 Å². The monoisotopic (exact) mass is 268 g/mol. The largest absolute Gasteiger partial charge is 0.544 e. The zero-order valence-electron chi connectivity index (χ0n) is 12.5. The SMILES string of the molecule is CCCCCCCCCC1=NCC[N+]1(C)CC(=O)[O-]. The first-order chi connectivity index (χ1) is 9.08. The molecule has 4 nitrogen and oxygen atoms in total. The topological polar surface area (TPSA) is 52.5 Å². The van der Waals surface area contributed by atoms with Crippen LogP contribution >= 0.6 is 0 Å². The summed E-state index contributed by atoms with van der Waals surface area (Å²) >= 11 is 0. The molecule has 0 aromatic heterocycles. The van der Waals surface area contributed by atoms with Gasteiger partial charge in [-0.15, -0.1) is 0 Å². The highest BCUT2D eigenvalue weighted by Gasteiger charge is 2.32. The fourth-order valence-electron chi connectivity index (χ4n) is 2.74. The van der Waals surface area contributed by atoms with E-state index < -0.39 is 5.97 Å². The Morgan fingerprint density at radius 3 is 2.47 bits per heavy atom. The van der Waals surface area contributed by atoms with Crippen molar-refractivity contribution < 1.29 is 14.4 Å². The van der Waals surface area contributed by atoms with E-state index in [2.05, 4.69) is 11.9 Å². The lowest BCUT2D eigenvalue weighted by Crippen LogP contribution is -2.53. The van der Waals surface area contributed by atoms with E-state index in [4.69, 9.17) is 0 Å². The van der Waals surface area contributed by atoms with Crippen molar-refractivity contribution in [1.29, 1.82) is 0 Å². The number of carboxylic acid groups (broad SMARTS) is 1. The molecule has 1 unspecified atom stereocenters. The molecule has 0 saturated carbocycles. The summed E-state index contributed by atoms with van der Waals surface area (Å²) in [5.74, 6) is 0.0782. The number of rotatable bonds is 10. The minimum Gasteiger partial charge on any atom is -0.544 e. The maximum Gasteiger partial charge on any atom is 0.198 e. The number of quaternary nitrogens is 1. The van der Waals surface area contributed by atoms with E-state index in [1.807, 2.05) is 7.05 Å². The van der Waals surface area contributed by atoms with Crippen LogP contribution in [-0.2, 0) is 4.79 Å². The Morgan fingerprint density at radius 1 is 1.21 bits per heavy atom. The number of carbonyl (C=O) groups is 1. The number of unbranched alkanes of at least 4 members (excludes halogenated alkanes) is 6. The highest BCUT2D eigenvalue weighted by atomic mass is 16.4. The van der Waals surface area contributed by atoms with Gasteiger partial charge in [-0.3, -0.25) is 4.48 Å². The quantitative estimate of drug-likeness (QED) is 0.447. The molecule has 1 aliphatic rings. The van der Waals surface area contributed by atoms with Gasteiger partial charge in [0.15, 0.2) is 5.84 Å². The zero-order chi connectivity index (χ0) is 14.1. The Kier molecular flexibility index (Phi) is 7.06. The lowest BCUT2D eigenvalue weighted by molar-refractivity contribution is -0.809. The van der Waals surface area contributed by atoms with Gasteiger partial charge in [-0.2, -0.15) is 0 Å². The van der Waals surface area contributed by atoms with Gasteiger partial charge < -0.3 is 9.90 Å². The lowest BCUT2D eigenvalue weighted by Gasteiger charge is -2.30. The number of carboxylic acids is 1. The van der Waals surface area contributed by atoms with Gasteiger partial charge >= 0.3 is 0 Å². The highest BCUT2D eigenvalue weighted by molar-refractivity contribution is 5.79. The number of amidine groups is 1.